The monoisotopic (exact) mass is 387 g/mol. The first-order valence-corrected chi connectivity index (χ1v) is 9.45. The summed E-state index contributed by atoms with van der Waals surface area (Å²) in [5.74, 6) is -0.222. The van der Waals surface area contributed by atoms with Crippen LogP contribution in [-0.2, 0) is 17.8 Å². The fourth-order valence-electron chi connectivity index (χ4n) is 3.46. The van der Waals surface area contributed by atoms with E-state index in [1.54, 1.807) is 24.5 Å². The van der Waals surface area contributed by atoms with Crippen molar-refractivity contribution in [1.82, 2.24) is 15.2 Å². The number of nitrogens with zero attached hydrogens (tertiary/aromatic N) is 2. The smallest absolute Gasteiger partial charge is 0.256 e. The first-order chi connectivity index (χ1) is 13.5. The van der Waals surface area contributed by atoms with E-state index in [-0.39, 0.29) is 19.0 Å². The van der Waals surface area contributed by atoms with Crippen LogP contribution in [0.2, 0.25) is 0 Å². The van der Waals surface area contributed by atoms with Crippen molar-refractivity contribution in [2.24, 2.45) is 0 Å². The first-order valence-electron chi connectivity index (χ1n) is 9.45. The Balaban J connectivity index is 1.58. The molecule has 1 saturated heterocycles. The number of likely N-dealkylation sites (tertiary alicyclic amines) is 1. The number of halogens is 1. The van der Waals surface area contributed by atoms with Gasteiger partial charge in [-0.15, -0.1) is 0 Å². The van der Waals surface area contributed by atoms with Crippen molar-refractivity contribution in [2.75, 3.05) is 26.7 Å². The number of amides is 1. The van der Waals surface area contributed by atoms with Gasteiger partial charge in [-0.25, -0.2) is 4.39 Å². The average molecular weight is 387 g/mol. The van der Waals surface area contributed by atoms with Crippen molar-refractivity contribution in [3.05, 3.63) is 59.7 Å². The van der Waals surface area contributed by atoms with Gasteiger partial charge in [-0.2, -0.15) is 0 Å². The van der Waals surface area contributed by atoms with Crippen LogP contribution < -0.4 is 10.1 Å². The van der Waals surface area contributed by atoms with Gasteiger partial charge >= 0.3 is 0 Å². The Labute approximate surface area is 164 Å². The summed E-state index contributed by atoms with van der Waals surface area (Å²) < 4.78 is 19.3. The number of aliphatic hydroxyl groups is 1. The number of aromatic nitrogens is 1. The van der Waals surface area contributed by atoms with Gasteiger partial charge in [0.05, 0.1) is 7.11 Å². The number of hydrogen-bond donors (Lipinski definition) is 2. The number of pyridine rings is 1. The minimum Gasteiger partial charge on any atom is -0.497 e. The largest absolute Gasteiger partial charge is 0.497 e. The van der Waals surface area contributed by atoms with E-state index in [1.807, 2.05) is 12.1 Å². The summed E-state index contributed by atoms with van der Waals surface area (Å²) in [5, 5.41) is 14.0. The fourth-order valence-corrected chi connectivity index (χ4v) is 3.46. The van der Waals surface area contributed by atoms with Crippen LogP contribution in [0.3, 0.4) is 0 Å². The minimum absolute atomic E-state index is 0.111. The summed E-state index contributed by atoms with van der Waals surface area (Å²) in [6.07, 6.45) is 5.34. The molecule has 0 saturated carbocycles. The first kappa shape index (κ1) is 20.2. The molecule has 150 valence electrons. The molecule has 1 fully saturated rings. The SMILES string of the molecule is COc1ccc(F)c(CN2CCC[C@@](O)(CNCCc3cccnc3)C2=O)c1. The highest BCUT2D eigenvalue weighted by Crippen LogP contribution is 2.25. The highest BCUT2D eigenvalue weighted by molar-refractivity contribution is 5.86. The quantitative estimate of drug-likeness (QED) is 0.677. The lowest BCUT2D eigenvalue weighted by atomic mass is 9.91. The second-order valence-electron chi connectivity index (χ2n) is 7.11. The topological polar surface area (TPSA) is 74.7 Å². The number of piperidine rings is 1. The fraction of sp³-hybridized carbons (Fsp3) is 0.429. The van der Waals surface area contributed by atoms with E-state index in [0.29, 0.717) is 37.2 Å². The highest BCUT2D eigenvalue weighted by Gasteiger charge is 2.41. The third kappa shape index (κ3) is 4.85. The molecular formula is C21H26FN3O3. The molecule has 0 aliphatic carbocycles. The Bertz CT molecular complexity index is 803. The van der Waals surface area contributed by atoms with Crippen molar-refractivity contribution < 1.29 is 19.0 Å². The van der Waals surface area contributed by atoms with Crippen LogP contribution >= 0.6 is 0 Å². The molecule has 1 aliphatic heterocycles. The van der Waals surface area contributed by atoms with E-state index in [0.717, 1.165) is 12.0 Å². The lowest BCUT2D eigenvalue weighted by Gasteiger charge is -2.38. The minimum atomic E-state index is -1.47. The normalized spacial score (nSPS) is 19.7. The Morgan fingerprint density at radius 2 is 2.25 bits per heavy atom. The Hall–Kier alpha value is -2.51. The molecule has 6 nitrogen and oxygen atoms in total. The van der Waals surface area contributed by atoms with E-state index in [1.165, 1.54) is 18.1 Å². The summed E-state index contributed by atoms with van der Waals surface area (Å²) in [5.41, 5.74) is -0.00344. The van der Waals surface area contributed by atoms with E-state index in [9.17, 15) is 14.3 Å². The van der Waals surface area contributed by atoms with Crippen LogP contribution in [0, 0.1) is 5.82 Å². The third-order valence-electron chi connectivity index (χ3n) is 5.05. The number of benzene rings is 1. The summed E-state index contributed by atoms with van der Waals surface area (Å²) >= 11 is 0. The maximum Gasteiger partial charge on any atom is 0.256 e. The lowest BCUT2D eigenvalue weighted by Crippen LogP contribution is -2.57. The van der Waals surface area contributed by atoms with Crippen molar-refractivity contribution in [2.45, 2.75) is 31.4 Å². The summed E-state index contributed by atoms with van der Waals surface area (Å²) in [6.45, 7) is 1.41. The van der Waals surface area contributed by atoms with Crippen molar-refractivity contribution in [3.8, 4) is 5.75 Å². The molecule has 3 rings (SSSR count). The average Bonchev–Trinajstić information content (AvgIpc) is 2.71. The number of ether oxygens (including phenoxy) is 1. The van der Waals surface area contributed by atoms with Gasteiger partial charge in [0.1, 0.15) is 11.6 Å². The van der Waals surface area contributed by atoms with Gasteiger partial charge in [-0.3, -0.25) is 9.78 Å². The number of hydrogen-bond acceptors (Lipinski definition) is 5. The van der Waals surface area contributed by atoms with Crippen LogP contribution in [-0.4, -0.2) is 53.2 Å². The molecule has 1 aromatic heterocycles. The number of carbonyl (C=O) groups is 1. The summed E-state index contributed by atoms with van der Waals surface area (Å²) in [4.78, 5) is 18.4. The lowest BCUT2D eigenvalue weighted by molar-refractivity contribution is -0.157. The predicted octanol–water partition coefficient (Wildman–Crippen LogP) is 1.92. The molecule has 2 heterocycles. The number of nitrogens with one attached hydrogen (secondary N) is 1. The van der Waals surface area contributed by atoms with Gasteiger partial charge in [-0.1, -0.05) is 6.07 Å². The zero-order chi connectivity index (χ0) is 20.0. The predicted molar refractivity (Wildman–Crippen MR) is 103 cm³/mol. The molecular weight excluding hydrogens is 361 g/mol. The molecule has 7 heteroatoms. The molecule has 1 aliphatic rings. The number of methoxy groups -OCH3 is 1. The number of carbonyl (C=O) groups excluding carboxylic acids is 1. The zero-order valence-electron chi connectivity index (χ0n) is 16.0. The molecule has 0 unspecified atom stereocenters. The van der Waals surface area contributed by atoms with Crippen LogP contribution in [0.5, 0.6) is 5.75 Å². The maximum absolute atomic E-state index is 14.1. The van der Waals surface area contributed by atoms with E-state index in [4.69, 9.17) is 4.74 Å². The third-order valence-corrected chi connectivity index (χ3v) is 5.05. The Morgan fingerprint density at radius 1 is 1.39 bits per heavy atom. The molecule has 0 bridgehead atoms. The van der Waals surface area contributed by atoms with Gasteiger partial charge < -0.3 is 20.1 Å². The van der Waals surface area contributed by atoms with Crippen molar-refractivity contribution in [3.63, 3.8) is 0 Å². The molecule has 28 heavy (non-hydrogen) atoms. The molecule has 1 amide bonds. The molecule has 1 atom stereocenters. The summed E-state index contributed by atoms with van der Waals surface area (Å²) in [6, 6.07) is 8.32. The molecule has 2 N–H and O–H groups in total. The van der Waals surface area contributed by atoms with Gasteiger partial charge in [0.2, 0.25) is 0 Å². The van der Waals surface area contributed by atoms with Gasteiger partial charge in [0, 0.05) is 37.6 Å². The van der Waals surface area contributed by atoms with Gasteiger partial charge in [0.15, 0.2) is 5.60 Å². The molecule has 0 radical (unpaired) electrons. The van der Waals surface area contributed by atoms with E-state index in [2.05, 4.69) is 10.3 Å². The van der Waals surface area contributed by atoms with Crippen LogP contribution in [0.4, 0.5) is 4.39 Å². The Kier molecular flexibility index (Phi) is 6.59. The van der Waals surface area contributed by atoms with Crippen molar-refractivity contribution in [1.29, 1.82) is 0 Å². The number of rotatable bonds is 8. The van der Waals surface area contributed by atoms with Crippen LogP contribution in [0.1, 0.15) is 24.0 Å². The highest BCUT2D eigenvalue weighted by atomic mass is 19.1. The second kappa shape index (κ2) is 9.12. The zero-order valence-corrected chi connectivity index (χ0v) is 16.0. The van der Waals surface area contributed by atoms with E-state index < -0.39 is 11.4 Å². The van der Waals surface area contributed by atoms with Crippen LogP contribution in [0.15, 0.2) is 42.7 Å². The molecule has 2 aromatic rings. The standard InChI is InChI=1S/C21H26FN3O3/c1-28-18-5-6-19(22)17(12-18)14-25-11-3-8-21(27,20(25)26)15-24-10-7-16-4-2-9-23-13-16/h2,4-6,9,12-13,24,27H,3,7-8,10-11,14-15H2,1H3/t21-/m1/s1. The van der Waals surface area contributed by atoms with E-state index >= 15 is 0 Å². The van der Waals surface area contributed by atoms with Crippen LogP contribution in [0.25, 0.3) is 0 Å². The summed E-state index contributed by atoms with van der Waals surface area (Å²) in [7, 11) is 1.51. The second-order valence-corrected chi connectivity index (χ2v) is 7.11. The van der Waals surface area contributed by atoms with Crippen molar-refractivity contribution >= 4 is 5.91 Å². The van der Waals surface area contributed by atoms with Gasteiger partial charge in [0.25, 0.3) is 5.91 Å². The Morgan fingerprint density at radius 3 is 3.00 bits per heavy atom. The molecule has 0 spiro atoms. The van der Waals surface area contributed by atoms with Gasteiger partial charge in [-0.05, 0) is 55.6 Å². The molecule has 1 aromatic carbocycles. The maximum atomic E-state index is 14.1.